The van der Waals surface area contributed by atoms with Gasteiger partial charge in [0.25, 0.3) is 12.4 Å². The van der Waals surface area contributed by atoms with E-state index in [1.807, 2.05) is 0 Å². The van der Waals surface area contributed by atoms with E-state index in [0.717, 1.165) is 0 Å². The molecule has 1 aromatic carbocycles. The highest BCUT2D eigenvalue weighted by Gasteiger charge is 2.09. The molecule has 13 heavy (non-hydrogen) atoms. The number of carbonyl (C=O) groups excluding carboxylic acids is 2. The number of primary amides is 1. The molecule has 0 fully saturated rings. The average Bonchev–Trinajstić information content (AvgIpc) is 2.08. The Morgan fingerprint density at radius 3 is 2.77 bits per heavy atom. The Morgan fingerprint density at radius 1 is 1.54 bits per heavy atom. The molecule has 1 aromatic rings. The lowest BCUT2D eigenvalue weighted by molar-refractivity contribution is -0.120. The molecule has 0 atom stereocenters. The van der Waals surface area contributed by atoms with Crippen LogP contribution in [0.5, 0.6) is 5.75 Å². The molecule has 0 spiro atoms. The minimum Gasteiger partial charge on any atom is -0.428 e. The topological polar surface area (TPSA) is 69.4 Å². The average molecular weight is 200 g/mol. The van der Waals surface area contributed by atoms with Gasteiger partial charge in [0.2, 0.25) is 0 Å². The lowest BCUT2D eigenvalue weighted by atomic mass is 10.2. The van der Waals surface area contributed by atoms with Crippen molar-refractivity contribution in [3.05, 3.63) is 28.8 Å². The first kappa shape index (κ1) is 9.54. The monoisotopic (exact) mass is 199 g/mol. The fourth-order valence-electron chi connectivity index (χ4n) is 0.849. The fraction of sp³-hybridized carbons (Fsp3) is 0. The van der Waals surface area contributed by atoms with Gasteiger partial charge in [0.15, 0.2) is 0 Å². The Labute approximate surface area is 79.2 Å². The van der Waals surface area contributed by atoms with Crippen molar-refractivity contribution in [3.63, 3.8) is 0 Å². The smallest absolute Gasteiger partial charge is 0.298 e. The summed E-state index contributed by atoms with van der Waals surface area (Å²) in [6.45, 7) is 0.218. The highest BCUT2D eigenvalue weighted by molar-refractivity contribution is 6.31. The van der Waals surface area contributed by atoms with Crippen molar-refractivity contribution in [2.75, 3.05) is 0 Å². The van der Waals surface area contributed by atoms with Crippen molar-refractivity contribution in [1.82, 2.24) is 0 Å². The van der Waals surface area contributed by atoms with Gasteiger partial charge in [-0.3, -0.25) is 9.59 Å². The lowest BCUT2D eigenvalue weighted by Crippen LogP contribution is -2.12. The Bertz CT molecular complexity index is 351. The van der Waals surface area contributed by atoms with Crippen LogP contribution in [0.1, 0.15) is 10.4 Å². The van der Waals surface area contributed by atoms with Crippen molar-refractivity contribution in [2.45, 2.75) is 0 Å². The molecule has 0 aliphatic rings. The summed E-state index contributed by atoms with van der Waals surface area (Å²) < 4.78 is 4.51. The maximum absolute atomic E-state index is 10.8. The first-order valence-corrected chi connectivity index (χ1v) is 3.72. The Hall–Kier alpha value is -1.55. The molecule has 5 heteroatoms. The molecule has 0 aliphatic carbocycles. The predicted molar refractivity (Wildman–Crippen MR) is 46.7 cm³/mol. The lowest BCUT2D eigenvalue weighted by Gasteiger charge is -2.03. The quantitative estimate of drug-likeness (QED) is 0.738. The van der Waals surface area contributed by atoms with Crippen LogP contribution in [0.2, 0.25) is 5.02 Å². The molecule has 0 aromatic heterocycles. The molecule has 0 saturated carbocycles. The van der Waals surface area contributed by atoms with E-state index in [-0.39, 0.29) is 17.8 Å². The van der Waals surface area contributed by atoms with E-state index in [1.165, 1.54) is 18.2 Å². The highest BCUT2D eigenvalue weighted by Crippen LogP contribution is 2.21. The number of benzene rings is 1. The third-order valence-electron chi connectivity index (χ3n) is 1.38. The van der Waals surface area contributed by atoms with Crippen molar-refractivity contribution in [2.24, 2.45) is 5.73 Å². The van der Waals surface area contributed by atoms with Crippen molar-refractivity contribution >= 4 is 24.0 Å². The van der Waals surface area contributed by atoms with E-state index in [9.17, 15) is 9.59 Å². The van der Waals surface area contributed by atoms with Gasteiger partial charge in [-0.25, -0.2) is 0 Å². The number of amides is 1. The van der Waals surface area contributed by atoms with E-state index in [4.69, 9.17) is 17.3 Å². The zero-order valence-corrected chi connectivity index (χ0v) is 7.25. The van der Waals surface area contributed by atoms with Crippen LogP contribution in [-0.2, 0) is 4.79 Å². The van der Waals surface area contributed by atoms with Crippen LogP contribution in [0.15, 0.2) is 18.2 Å². The normalized spacial score (nSPS) is 9.31. The molecule has 0 bridgehead atoms. The molecule has 1 rings (SSSR count). The summed E-state index contributed by atoms with van der Waals surface area (Å²) in [6, 6.07) is 4.23. The molecule has 68 valence electrons. The Morgan fingerprint density at radius 2 is 2.23 bits per heavy atom. The number of carbonyl (C=O) groups is 2. The maximum Gasteiger partial charge on any atom is 0.298 e. The zero-order chi connectivity index (χ0) is 9.84. The summed E-state index contributed by atoms with van der Waals surface area (Å²) in [5.74, 6) is -0.591. The summed E-state index contributed by atoms with van der Waals surface area (Å²) in [5.41, 5.74) is 5.10. The van der Waals surface area contributed by atoms with Gasteiger partial charge in [-0.15, -0.1) is 0 Å². The van der Waals surface area contributed by atoms with Crippen molar-refractivity contribution in [1.29, 1.82) is 0 Å². The van der Waals surface area contributed by atoms with Crippen LogP contribution < -0.4 is 10.5 Å². The van der Waals surface area contributed by atoms with Crippen LogP contribution in [0.3, 0.4) is 0 Å². The molecule has 4 nitrogen and oxygen atoms in total. The zero-order valence-electron chi connectivity index (χ0n) is 6.49. The van der Waals surface area contributed by atoms with Gasteiger partial charge in [0, 0.05) is 5.02 Å². The third kappa shape index (κ3) is 2.19. The summed E-state index contributed by atoms with van der Waals surface area (Å²) in [4.78, 5) is 20.8. The van der Waals surface area contributed by atoms with E-state index < -0.39 is 5.91 Å². The summed E-state index contributed by atoms with van der Waals surface area (Å²) in [6.07, 6.45) is 0. The molecule has 0 saturated heterocycles. The number of rotatable bonds is 3. The van der Waals surface area contributed by atoms with Gasteiger partial charge in [-0.2, -0.15) is 0 Å². The van der Waals surface area contributed by atoms with Crippen LogP contribution >= 0.6 is 11.6 Å². The summed E-state index contributed by atoms with van der Waals surface area (Å²) in [5, 5.41) is 0.354. The Balaban J connectivity index is 3.17. The summed E-state index contributed by atoms with van der Waals surface area (Å²) in [7, 11) is 0. The molecule has 0 radical (unpaired) electrons. The van der Waals surface area contributed by atoms with Gasteiger partial charge in [0.05, 0.1) is 5.56 Å². The van der Waals surface area contributed by atoms with Crippen LogP contribution in [0.25, 0.3) is 0 Å². The van der Waals surface area contributed by atoms with E-state index in [2.05, 4.69) is 4.74 Å². The standard InChI is InChI=1S/C8H6ClNO3/c9-5-1-2-7(13-4-11)6(3-5)8(10)12/h1-4H,(H2,10,12). The van der Waals surface area contributed by atoms with E-state index >= 15 is 0 Å². The second-order valence-electron chi connectivity index (χ2n) is 2.22. The van der Waals surface area contributed by atoms with Crippen LogP contribution in [-0.4, -0.2) is 12.4 Å². The van der Waals surface area contributed by atoms with E-state index in [1.54, 1.807) is 0 Å². The summed E-state index contributed by atoms with van der Waals surface area (Å²) >= 11 is 5.61. The number of nitrogens with two attached hydrogens (primary N) is 1. The second kappa shape index (κ2) is 3.91. The van der Waals surface area contributed by atoms with Gasteiger partial charge >= 0.3 is 0 Å². The molecule has 2 N–H and O–H groups in total. The SMILES string of the molecule is NC(=O)c1cc(Cl)ccc1OC=O. The number of halogens is 1. The molecule has 0 heterocycles. The van der Waals surface area contributed by atoms with Gasteiger partial charge in [-0.1, -0.05) is 11.6 Å². The number of hydrogen-bond donors (Lipinski definition) is 1. The van der Waals surface area contributed by atoms with Crippen LogP contribution in [0.4, 0.5) is 0 Å². The molecular weight excluding hydrogens is 194 g/mol. The number of ether oxygens (including phenoxy) is 1. The van der Waals surface area contributed by atoms with Crippen LogP contribution in [0, 0.1) is 0 Å². The van der Waals surface area contributed by atoms with Gasteiger partial charge in [0.1, 0.15) is 5.75 Å². The minimum atomic E-state index is -0.695. The third-order valence-corrected chi connectivity index (χ3v) is 1.62. The molecule has 0 aliphatic heterocycles. The maximum atomic E-state index is 10.8. The van der Waals surface area contributed by atoms with Gasteiger partial charge in [-0.05, 0) is 18.2 Å². The molecule has 0 unspecified atom stereocenters. The van der Waals surface area contributed by atoms with Crippen molar-refractivity contribution < 1.29 is 14.3 Å². The fourth-order valence-corrected chi connectivity index (χ4v) is 1.02. The first-order valence-electron chi connectivity index (χ1n) is 3.35. The second-order valence-corrected chi connectivity index (χ2v) is 2.66. The predicted octanol–water partition coefficient (Wildman–Crippen LogP) is 0.974. The highest BCUT2D eigenvalue weighted by atomic mass is 35.5. The van der Waals surface area contributed by atoms with Gasteiger partial charge < -0.3 is 10.5 Å². The van der Waals surface area contributed by atoms with E-state index in [0.29, 0.717) is 5.02 Å². The minimum absolute atomic E-state index is 0.0830. The molecular formula is C8H6ClNO3. The molecule has 1 amide bonds. The first-order chi connectivity index (χ1) is 6.15. The van der Waals surface area contributed by atoms with Crippen molar-refractivity contribution in [3.8, 4) is 5.75 Å². The number of hydrogen-bond acceptors (Lipinski definition) is 3. The Kier molecular flexibility index (Phi) is 2.87. The largest absolute Gasteiger partial charge is 0.428 e.